The first kappa shape index (κ1) is 10.3. The van der Waals surface area contributed by atoms with Gasteiger partial charge in [0.15, 0.2) is 0 Å². The van der Waals surface area contributed by atoms with Crippen LogP contribution in [0.4, 0.5) is 0 Å². The minimum atomic E-state index is -0.381. The summed E-state index contributed by atoms with van der Waals surface area (Å²) >= 11 is 1.64. The summed E-state index contributed by atoms with van der Waals surface area (Å²) in [7, 11) is 0. The van der Waals surface area contributed by atoms with E-state index in [4.69, 9.17) is 0 Å². The average molecular weight is 224 g/mol. The highest BCUT2D eigenvalue weighted by atomic mass is 32.2. The highest BCUT2D eigenvalue weighted by molar-refractivity contribution is 8.00. The lowest BCUT2D eigenvalue weighted by atomic mass is 10.1. The van der Waals surface area contributed by atoms with Crippen LogP contribution in [0.2, 0.25) is 0 Å². The molecule has 80 valence electrons. The number of thioether (sulfide) groups is 1. The number of fused-ring (bicyclic) bond motifs is 1. The van der Waals surface area contributed by atoms with Gasteiger partial charge in [0.2, 0.25) is 11.8 Å². The Kier molecular flexibility index (Phi) is 2.56. The first-order chi connectivity index (χ1) is 7.13. The van der Waals surface area contributed by atoms with Crippen molar-refractivity contribution in [2.75, 3.05) is 12.3 Å². The first-order valence-electron chi connectivity index (χ1n) is 4.65. The molecule has 2 heterocycles. The molecule has 15 heavy (non-hydrogen) atoms. The Morgan fingerprint density at radius 2 is 2.40 bits per heavy atom. The van der Waals surface area contributed by atoms with E-state index in [0.717, 1.165) is 11.3 Å². The van der Waals surface area contributed by atoms with Gasteiger partial charge in [-0.15, -0.1) is 11.8 Å². The fourth-order valence-electron chi connectivity index (χ4n) is 1.71. The summed E-state index contributed by atoms with van der Waals surface area (Å²) < 4.78 is 0. The van der Waals surface area contributed by atoms with Gasteiger partial charge in [0, 0.05) is 12.3 Å². The Balaban J connectivity index is 2.00. The summed E-state index contributed by atoms with van der Waals surface area (Å²) in [6.07, 6.45) is 1.18. The molecule has 0 aromatic rings. The molecular weight excluding hydrogens is 212 g/mol. The largest absolute Gasteiger partial charge is 0.338 e. The van der Waals surface area contributed by atoms with Crippen molar-refractivity contribution in [2.24, 2.45) is 0 Å². The second-order valence-electron chi connectivity index (χ2n) is 3.61. The summed E-state index contributed by atoms with van der Waals surface area (Å²) in [5.74, 6) is 0.538. The molecule has 5 heteroatoms. The molecule has 1 unspecified atom stereocenters. The lowest BCUT2D eigenvalue weighted by Gasteiger charge is -2.49. The molecule has 0 spiro atoms. The van der Waals surface area contributed by atoms with E-state index in [-0.39, 0.29) is 23.2 Å². The second kappa shape index (κ2) is 3.73. The van der Waals surface area contributed by atoms with Crippen LogP contribution in [0.3, 0.4) is 0 Å². The van der Waals surface area contributed by atoms with Crippen molar-refractivity contribution in [3.8, 4) is 0 Å². The van der Waals surface area contributed by atoms with E-state index in [1.165, 1.54) is 6.08 Å². The molecule has 2 amide bonds. The molecule has 2 saturated heterocycles. The van der Waals surface area contributed by atoms with E-state index in [9.17, 15) is 9.59 Å². The van der Waals surface area contributed by atoms with Gasteiger partial charge in [-0.05, 0) is 11.6 Å². The number of amides is 2. The molecule has 1 N–H and O–H groups in total. The topological polar surface area (TPSA) is 49.4 Å². The van der Waals surface area contributed by atoms with Crippen molar-refractivity contribution in [2.45, 2.75) is 11.4 Å². The molecule has 2 fully saturated rings. The molecule has 0 radical (unpaired) electrons. The van der Waals surface area contributed by atoms with Gasteiger partial charge in [0.05, 0.1) is 0 Å². The zero-order valence-electron chi connectivity index (χ0n) is 8.23. The van der Waals surface area contributed by atoms with E-state index in [2.05, 4.69) is 18.5 Å². The molecule has 4 nitrogen and oxygen atoms in total. The molecule has 0 aliphatic carbocycles. The summed E-state index contributed by atoms with van der Waals surface area (Å²) in [4.78, 5) is 24.4. The number of rotatable bonds is 2. The maximum absolute atomic E-state index is 11.6. The van der Waals surface area contributed by atoms with Gasteiger partial charge >= 0.3 is 0 Å². The van der Waals surface area contributed by atoms with Gasteiger partial charge in [-0.1, -0.05) is 13.2 Å². The molecule has 0 aromatic heterocycles. The standard InChI is InChI=1S/C10H12N2O2S/c1-3-7(13)11-8-9(14)12-4-6(2)5-15-10(8)12/h3,8,10H,1-2,4-5H2,(H,11,13)/t8?,10-/m1/s1. The lowest BCUT2D eigenvalue weighted by molar-refractivity contribution is -0.147. The SMILES string of the molecule is C=CC(=O)NC1C(=O)N2CC(=C)CS[C@H]12. The van der Waals surface area contributed by atoms with E-state index in [1.54, 1.807) is 16.7 Å². The van der Waals surface area contributed by atoms with Crippen molar-refractivity contribution in [1.29, 1.82) is 0 Å². The molecule has 2 atom stereocenters. The Morgan fingerprint density at radius 3 is 3.07 bits per heavy atom. The van der Waals surface area contributed by atoms with Crippen molar-refractivity contribution in [1.82, 2.24) is 10.2 Å². The van der Waals surface area contributed by atoms with Crippen LogP contribution in [-0.4, -0.2) is 40.4 Å². The number of nitrogens with one attached hydrogen (secondary N) is 1. The van der Waals surface area contributed by atoms with Gasteiger partial charge in [-0.25, -0.2) is 0 Å². The third-order valence-electron chi connectivity index (χ3n) is 2.48. The minimum absolute atomic E-state index is 0.0245. The van der Waals surface area contributed by atoms with Crippen LogP contribution >= 0.6 is 11.8 Å². The predicted octanol–water partition coefficient (Wildman–Crippen LogP) is 0.128. The maximum Gasteiger partial charge on any atom is 0.249 e. The third-order valence-corrected chi connectivity index (χ3v) is 3.92. The summed E-state index contributed by atoms with van der Waals surface area (Å²) in [6, 6.07) is -0.381. The Bertz CT molecular complexity index is 353. The molecule has 2 rings (SSSR count). The Labute approximate surface area is 92.4 Å². The van der Waals surface area contributed by atoms with Crippen LogP contribution in [0.25, 0.3) is 0 Å². The molecular formula is C10H12N2O2S. The van der Waals surface area contributed by atoms with E-state index in [0.29, 0.717) is 6.54 Å². The van der Waals surface area contributed by atoms with Crippen molar-refractivity contribution >= 4 is 23.6 Å². The monoisotopic (exact) mass is 224 g/mol. The van der Waals surface area contributed by atoms with Gasteiger partial charge in [-0.2, -0.15) is 0 Å². The number of hydrogen-bond donors (Lipinski definition) is 1. The zero-order valence-corrected chi connectivity index (χ0v) is 9.05. The molecule has 0 aromatic carbocycles. The van der Waals surface area contributed by atoms with Crippen molar-refractivity contribution < 1.29 is 9.59 Å². The zero-order chi connectivity index (χ0) is 11.0. The quantitative estimate of drug-likeness (QED) is 0.412. The highest BCUT2D eigenvalue weighted by Gasteiger charge is 2.49. The number of hydrogen-bond acceptors (Lipinski definition) is 3. The van der Waals surface area contributed by atoms with E-state index < -0.39 is 0 Å². The molecule has 2 aliphatic heterocycles. The van der Waals surface area contributed by atoms with Crippen LogP contribution in [0.1, 0.15) is 0 Å². The lowest BCUT2D eigenvalue weighted by Crippen LogP contribution is -2.70. The van der Waals surface area contributed by atoms with Crippen LogP contribution in [0.15, 0.2) is 24.8 Å². The Hall–Kier alpha value is -1.23. The summed E-state index contributed by atoms with van der Waals surface area (Å²) in [6.45, 7) is 7.83. The fourth-order valence-corrected chi connectivity index (χ4v) is 2.95. The van der Waals surface area contributed by atoms with Gasteiger partial charge < -0.3 is 10.2 Å². The van der Waals surface area contributed by atoms with Crippen LogP contribution in [0.5, 0.6) is 0 Å². The average Bonchev–Trinajstić information content (AvgIpc) is 2.25. The van der Waals surface area contributed by atoms with Crippen molar-refractivity contribution in [3.05, 3.63) is 24.8 Å². The summed E-state index contributed by atoms with van der Waals surface area (Å²) in [5.41, 5.74) is 1.05. The Morgan fingerprint density at radius 1 is 1.67 bits per heavy atom. The number of carbonyl (C=O) groups excluding carboxylic acids is 2. The van der Waals surface area contributed by atoms with Crippen LogP contribution < -0.4 is 5.32 Å². The number of carbonyl (C=O) groups is 2. The third kappa shape index (κ3) is 1.67. The fraction of sp³-hybridized carbons (Fsp3) is 0.400. The van der Waals surface area contributed by atoms with Crippen molar-refractivity contribution in [3.63, 3.8) is 0 Å². The summed E-state index contributed by atoms with van der Waals surface area (Å²) in [5, 5.41) is 2.71. The van der Waals surface area contributed by atoms with Crippen LogP contribution in [0, 0.1) is 0 Å². The van der Waals surface area contributed by atoms with E-state index in [1.807, 2.05) is 0 Å². The number of β-lactam (4-membered cyclic amide) rings is 1. The van der Waals surface area contributed by atoms with Gasteiger partial charge in [0.25, 0.3) is 0 Å². The highest BCUT2D eigenvalue weighted by Crippen LogP contribution is 2.35. The second-order valence-corrected chi connectivity index (χ2v) is 4.71. The molecule has 0 saturated carbocycles. The molecule has 0 bridgehead atoms. The predicted molar refractivity (Wildman–Crippen MR) is 59.2 cm³/mol. The normalized spacial score (nSPS) is 29.2. The van der Waals surface area contributed by atoms with Gasteiger partial charge in [-0.3, -0.25) is 9.59 Å². The van der Waals surface area contributed by atoms with Gasteiger partial charge in [0.1, 0.15) is 11.4 Å². The smallest absolute Gasteiger partial charge is 0.249 e. The maximum atomic E-state index is 11.6. The number of nitrogens with zero attached hydrogens (tertiary/aromatic N) is 1. The van der Waals surface area contributed by atoms with Crippen LogP contribution in [-0.2, 0) is 9.59 Å². The van der Waals surface area contributed by atoms with E-state index >= 15 is 0 Å². The molecule has 2 aliphatic rings. The first-order valence-corrected chi connectivity index (χ1v) is 5.70. The minimum Gasteiger partial charge on any atom is -0.338 e.